The third-order valence-corrected chi connectivity index (χ3v) is 2.21. The first-order chi connectivity index (χ1) is 6.66. The van der Waals surface area contributed by atoms with Crippen molar-refractivity contribution in [3.63, 3.8) is 0 Å². The summed E-state index contributed by atoms with van der Waals surface area (Å²) in [6.07, 6.45) is 0. The van der Waals surface area contributed by atoms with Crippen molar-refractivity contribution in [1.82, 2.24) is 0 Å². The lowest BCUT2D eigenvalue weighted by Gasteiger charge is -2.12. The quantitative estimate of drug-likeness (QED) is 0.593. The van der Waals surface area contributed by atoms with Crippen molar-refractivity contribution < 1.29 is 0 Å². The van der Waals surface area contributed by atoms with Crippen molar-refractivity contribution in [2.45, 2.75) is 27.7 Å². The van der Waals surface area contributed by atoms with E-state index in [-0.39, 0.29) is 6.49 Å². The van der Waals surface area contributed by atoms with Crippen LogP contribution in [-0.4, -0.2) is 29.0 Å². The van der Waals surface area contributed by atoms with E-state index in [9.17, 15) is 0 Å². The van der Waals surface area contributed by atoms with Crippen molar-refractivity contribution in [3.8, 4) is 0 Å². The van der Waals surface area contributed by atoms with Gasteiger partial charge in [0.15, 0.2) is 0 Å². The van der Waals surface area contributed by atoms with Crippen LogP contribution in [0.5, 0.6) is 0 Å². The van der Waals surface area contributed by atoms with Gasteiger partial charge < -0.3 is 0 Å². The number of hydrogen-bond donors (Lipinski definition) is 0. The zero-order valence-electron chi connectivity index (χ0n) is 9.54. The second kappa shape index (κ2) is 6.86. The predicted molar refractivity (Wildman–Crippen MR) is 69.9 cm³/mol. The fourth-order valence-corrected chi connectivity index (χ4v) is 1.24. The summed E-state index contributed by atoms with van der Waals surface area (Å²) >= 11 is 0. The predicted octanol–water partition coefficient (Wildman–Crippen LogP) is 0.981. The second-order valence-corrected chi connectivity index (χ2v) is 3.01. The molecule has 0 aliphatic carbocycles. The second-order valence-electron chi connectivity index (χ2n) is 3.01. The molecule has 0 bridgehead atoms. The standard InChI is InChI=1S/C8H9B4.C2H6/c1-6-4-3-5-8(7(6)2)12(10)11-9;1-2/h3-5H,1-2H3;1-2H3. The van der Waals surface area contributed by atoms with Gasteiger partial charge in [-0.05, 0) is 19.4 Å². The Morgan fingerprint density at radius 2 is 1.79 bits per heavy atom. The highest BCUT2D eigenvalue weighted by atomic mass is 14.0. The topological polar surface area (TPSA) is 0 Å². The average Bonchev–Trinajstić information content (AvgIpc) is 2.24. The summed E-state index contributed by atoms with van der Waals surface area (Å²) < 4.78 is 0. The summed E-state index contributed by atoms with van der Waals surface area (Å²) in [6, 6.07) is 6.08. The van der Waals surface area contributed by atoms with Crippen molar-refractivity contribution in [3.05, 3.63) is 29.3 Å². The molecule has 0 atom stereocenters. The van der Waals surface area contributed by atoms with Gasteiger partial charge in [0.1, 0.15) is 0 Å². The number of hydrogen-bond acceptors (Lipinski definition) is 0. The maximum absolute atomic E-state index is 5.78. The van der Waals surface area contributed by atoms with Crippen LogP contribution in [0.1, 0.15) is 25.0 Å². The van der Waals surface area contributed by atoms with E-state index in [0.717, 1.165) is 5.46 Å². The Morgan fingerprint density at radius 3 is 2.29 bits per heavy atom. The summed E-state index contributed by atoms with van der Waals surface area (Å²) in [4.78, 5) is 0. The Balaban J connectivity index is 0.000000791. The first-order valence-electron chi connectivity index (χ1n) is 5.03. The highest BCUT2D eigenvalue weighted by molar-refractivity contribution is 7.50. The Morgan fingerprint density at radius 1 is 1.21 bits per heavy atom. The highest BCUT2D eigenvalue weighted by Gasteiger charge is 2.08. The van der Waals surface area contributed by atoms with E-state index in [1.54, 1.807) is 0 Å². The molecule has 0 fully saturated rings. The van der Waals surface area contributed by atoms with Gasteiger partial charge in [-0.2, -0.15) is 0 Å². The third kappa shape index (κ3) is 3.32. The molecule has 1 aromatic carbocycles. The molecule has 0 saturated heterocycles. The van der Waals surface area contributed by atoms with Gasteiger partial charge in [-0.1, -0.05) is 43.1 Å². The van der Waals surface area contributed by atoms with Gasteiger partial charge >= 0.3 is 0 Å². The van der Waals surface area contributed by atoms with Crippen LogP contribution in [0.4, 0.5) is 0 Å². The molecule has 0 aliphatic rings. The maximum atomic E-state index is 5.78. The first-order valence-corrected chi connectivity index (χ1v) is 5.03. The number of rotatable bonds is 2. The maximum Gasteiger partial charge on any atom is 0.0809 e. The summed E-state index contributed by atoms with van der Waals surface area (Å²) in [5, 5.41) is 0. The van der Waals surface area contributed by atoms with Crippen LogP contribution in [0, 0.1) is 13.8 Å². The van der Waals surface area contributed by atoms with E-state index in [2.05, 4.69) is 19.9 Å². The lowest BCUT2D eigenvalue weighted by atomic mass is 9.03. The van der Waals surface area contributed by atoms with Gasteiger partial charge in [0, 0.05) is 22.5 Å². The minimum absolute atomic E-state index is 0.148. The summed E-state index contributed by atoms with van der Waals surface area (Å²) in [5.74, 6) is 0. The zero-order chi connectivity index (χ0) is 11.1. The van der Waals surface area contributed by atoms with Crippen LogP contribution in [0.2, 0.25) is 0 Å². The van der Waals surface area contributed by atoms with Crippen LogP contribution in [0.3, 0.4) is 0 Å². The fraction of sp³-hybridized carbons (Fsp3) is 0.400. The molecule has 0 aliphatic heterocycles. The van der Waals surface area contributed by atoms with Crippen LogP contribution in [0.25, 0.3) is 0 Å². The fourth-order valence-electron chi connectivity index (χ4n) is 1.24. The van der Waals surface area contributed by atoms with Gasteiger partial charge in [-0.3, -0.25) is 0 Å². The molecule has 0 N–H and O–H groups in total. The lowest BCUT2D eigenvalue weighted by Crippen LogP contribution is -2.39. The van der Waals surface area contributed by atoms with Crippen LogP contribution in [0.15, 0.2) is 18.2 Å². The van der Waals surface area contributed by atoms with E-state index < -0.39 is 0 Å². The molecule has 0 aromatic heterocycles. The van der Waals surface area contributed by atoms with Crippen LogP contribution < -0.4 is 5.46 Å². The molecule has 0 saturated carbocycles. The Kier molecular flexibility index (Phi) is 6.61. The van der Waals surface area contributed by atoms with Crippen molar-refractivity contribution in [2.75, 3.05) is 0 Å². The van der Waals surface area contributed by atoms with Crippen LogP contribution in [-0.2, 0) is 0 Å². The molecule has 5 radical (unpaired) electrons. The molecule has 14 heavy (non-hydrogen) atoms. The van der Waals surface area contributed by atoms with Gasteiger partial charge in [0.25, 0.3) is 0 Å². The molecule has 0 amide bonds. The first kappa shape index (κ1) is 13.5. The largest absolute Gasteiger partial charge is 0.0961 e. The van der Waals surface area contributed by atoms with E-state index in [1.807, 2.05) is 26.0 Å². The Hall–Kier alpha value is -0.520. The molecular weight excluding hydrogens is 163 g/mol. The molecule has 0 unspecified atom stereocenters. The van der Waals surface area contributed by atoms with E-state index in [0.29, 0.717) is 0 Å². The number of benzene rings is 1. The van der Waals surface area contributed by atoms with Crippen molar-refractivity contribution >= 4 is 34.5 Å². The smallest absolute Gasteiger partial charge is 0.0809 e. The minimum Gasteiger partial charge on any atom is -0.0961 e. The Labute approximate surface area is 92.0 Å². The SMILES string of the molecule is CC.[B][B]B([B])c1cccc(C)c1C. The molecule has 1 rings (SSSR count). The summed E-state index contributed by atoms with van der Waals surface area (Å²) in [6.45, 7) is 7.99. The lowest BCUT2D eigenvalue weighted by molar-refractivity contribution is 1.37. The molecule has 0 nitrogen and oxygen atoms in total. The monoisotopic (exact) mass is 179 g/mol. The average molecular weight is 178 g/mol. The van der Waals surface area contributed by atoms with Crippen molar-refractivity contribution in [1.29, 1.82) is 0 Å². The van der Waals surface area contributed by atoms with E-state index in [4.69, 9.17) is 15.5 Å². The highest BCUT2D eigenvalue weighted by Crippen LogP contribution is 2.02. The zero-order valence-corrected chi connectivity index (χ0v) is 9.54. The molecular formula is C10H15B4. The Bertz CT molecular complexity index is 273. The normalized spacial score (nSPS) is 8.57. The third-order valence-electron chi connectivity index (χ3n) is 2.21. The molecule has 1 aromatic rings. The number of aryl methyl sites for hydroxylation is 1. The van der Waals surface area contributed by atoms with Crippen LogP contribution >= 0.6 is 0 Å². The van der Waals surface area contributed by atoms with E-state index in [1.165, 1.54) is 18.2 Å². The van der Waals surface area contributed by atoms with Gasteiger partial charge in [-0.15, -0.1) is 0 Å². The summed E-state index contributed by atoms with van der Waals surface area (Å²) in [5.41, 5.74) is 3.59. The van der Waals surface area contributed by atoms with Gasteiger partial charge in [0.2, 0.25) is 0 Å². The van der Waals surface area contributed by atoms with E-state index >= 15 is 0 Å². The van der Waals surface area contributed by atoms with Crippen molar-refractivity contribution in [2.24, 2.45) is 0 Å². The molecule has 0 spiro atoms. The molecule has 0 heterocycles. The molecule has 67 valence electrons. The minimum atomic E-state index is -0.148. The van der Waals surface area contributed by atoms with Gasteiger partial charge in [-0.25, -0.2) is 0 Å². The summed E-state index contributed by atoms with van der Waals surface area (Å²) in [7, 11) is 12.7. The molecule has 4 heteroatoms. The van der Waals surface area contributed by atoms with Gasteiger partial charge in [0.05, 0.1) is 6.49 Å².